The molecule has 4 heterocycles. The Balaban J connectivity index is 1.56. The van der Waals surface area contributed by atoms with Crippen molar-refractivity contribution in [3.8, 4) is 0 Å². The summed E-state index contributed by atoms with van der Waals surface area (Å²) in [4.78, 5) is 38.4. The number of amides is 4. The molecule has 28 heavy (non-hydrogen) atoms. The lowest BCUT2D eigenvalue weighted by molar-refractivity contribution is -0.00234. The molecule has 0 aromatic heterocycles. The van der Waals surface area contributed by atoms with Crippen LogP contribution in [0, 0.1) is 0 Å². The van der Waals surface area contributed by atoms with Gasteiger partial charge in [0, 0.05) is 39.3 Å². The number of hydrogen-bond donors (Lipinski definition) is 0. The third kappa shape index (κ3) is 3.42. The molecule has 0 aromatic carbocycles. The maximum absolute atomic E-state index is 13.2. The van der Waals surface area contributed by atoms with Gasteiger partial charge in [0.1, 0.15) is 0 Å². The number of carbonyl (C=O) groups is 2. The number of morpholine rings is 2. The Bertz CT molecular complexity index is 530. The average molecular weight is 396 g/mol. The molecule has 0 unspecified atom stereocenters. The first-order chi connectivity index (χ1) is 13.7. The number of nitrogens with zero attached hydrogens (tertiary/aromatic N) is 6. The SMILES string of the molecule is CCN1C(=O)N(CN2CCOCC2)[C@@H]2[C@H]1N(CN1CCOCC1)C(=O)N2CC. The van der Waals surface area contributed by atoms with Crippen LogP contribution >= 0.6 is 0 Å². The van der Waals surface area contributed by atoms with E-state index in [2.05, 4.69) is 9.80 Å². The number of urea groups is 2. The summed E-state index contributed by atoms with van der Waals surface area (Å²) in [5.41, 5.74) is 0. The van der Waals surface area contributed by atoms with E-state index in [0.717, 1.165) is 26.2 Å². The van der Waals surface area contributed by atoms with E-state index in [1.165, 1.54) is 0 Å². The van der Waals surface area contributed by atoms with E-state index in [1.54, 1.807) is 0 Å². The Morgan fingerprint density at radius 2 is 1.04 bits per heavy atom. The predicted octanol–water partition coefficient (Wildman–Crippen LogP) is -0.267. The van der Waals surface area contributed by atoms with Crippen molar-refractivity contribution < 1.29 is 19.1 Å². The minimum Gasteiger partial charge on any atom is -0.379 e. The van der Waals surface area contributed by atoms with Gasteiger partial charge in [-0.2, -0.15) is 0 Å². The molecule has 0 radical (unpaired) electrons. The molecule has 0 aromatic rings. The summed E-state index contributed by atoms with van der Waals surface area (Å²) in [7, 11) is 0. The number of rotatable bonds is 6. The van der Waals surface area contributed by atoms with Gasteiger partial charge < -0.3 is 19.3 Å². The normalized spacial score (nSPS) is 29.9. The summed E-state index contributed by atoms with van der Waals surface area (Å²) in [5.74, 6) is 0. The Morgan fingerprint density at radius 1 is 0.679 bits per heavy atom. The van der Waals surface area contributed by atoms with Crippen LogP contribution in [0.4, 0.5) is 9.59 Å². The third-order valence-electron chi connectivity index (χ3n) is 6.12. The van der Waals surface area contributed by atoms with Gasteiger partial charge in [-0.1, -0.05) is 0 Å². The van der Waals surface area contributed by atoms with Gasteiger partial charge in [0.25, 0.3) is 0 Å². The second-order valence-electron chi connectivity index (χ2n) is 7.65. The lowest BCUT2D eigenvalue weighted by atomic mass is 10.3. The Labute approximate surface area is 166 Å². The van der Waals surface area contributed by atoms with Crippen LogP contribution in [0.5, 0.6) is 0 Å². The van der Waals surface area contributed by atoms with Crippen LogP contribution in [0.15, 0.2) is 0 Å². The largest absolute Gasteiger partial charge is 0.379 e. The van der Waals surface area contributed by atoms with E-state index >= 15 is 0 Å². The molecule has 0 N–H and O–H groups in total. The van der Waals surface area contributed by atoms with Crippen molar-refractivity contribution in [1.82, 2.24) is 29.4 Å². The fourth-order valence-electron chi connectivity index (χ4n) is 4.61. The summed E-state index contributed by atoms with van der Waals surface area (Å²) in [5, 5.41) is 0. The molecule has 4 aliphatic rings. The lowest BCUT2D eigenvalue weighted by Crippen LogP contribution is -2.52. The molecule has 4 saturated heterocycles. The van der Waals surface area contributed by atoms with Crippen LogP contribution in [0.1, 0.15) is 13.8 Å². The van der Waals surface area contributed by atoms with Crippen LogP contribution in [0.3, 0.4) is 0 Å². The highest BCUT2D eigenvalue weighted by molar-refractivity contribution is 5.85. The number of hydrogen-bond acceptors (Lipinski definition) is 6. The molecule has 0 aliphatic carbocycles. The topological polar surface area (TPSA) is 72.0 Å². The Hall–Kier alpha value is -1.62. The highest BCUT2D eigenvalue weighted by Crippen LogP contribution is 2.35. The van der Waals surface area contributed by atoms with E-state index in [-0.39, 0.29) is 24.4 Å². The molecular formula is C18H32N6O4. The number of likely N-dealkylation sites (N-methyl/N-ethyl adjacent to an activating group) is 2. The van der Waals surface area contributed by atoms with Crippen molar-refractivity contribution in [1.29, 1.82) is 0 Å². The summed E-state index contributed by atoms with van der Waals surface area (Å²) in [6, 6.07) is 0.0313. The smallest absolute Gasteiger partial charge is 0.324 e. The zero-order valence-electron chi connectivity index (χ0n) is 17.0. The molecule has 4 aliphatic heterocycles. The van der Waals surface area contributed by atoms with E-state index in [4.69, 9.17) is 9.47 Å². The molecule has 10 heteroatoms. The first-order valence-corrected chi connectivity index (χ1v) is 10.4. The highest BCUT2D eigenvalue weighted by atomic mass is 16.5. The number of ether oxygens (including phenoxy) is 2. The molecule has 0 bridgehead atoms. The van der Waals surface area contributed by atoms with Crippen molar-refractivity contribution in [3.63, 3.8) is 0 Å². The van der Waals surface area contributed by atoms with E-state index in [9.17, 15) is 9.59 Å². The van der Waals surface area contributed by atoms with Gasteiger partial charge in [0.15, 0.2) is 12.3 Å². The van der Waals surface area contributed by atoms with Gasteiger partial charge in [-0.05, 0) is 13.8 Å². The maximum Gasteiger partial charge on any atom is 0.324 e. The molecule has 4 fully saturated rings. The number of carbonyl (C=O) groups excluding carboxylic acids is 2. The van der Waals surface area contributed by atoms with E-state index in [1.807, 2.05) is 33.4 Å². The standard InChI is InChI=1S/C18H32N6O4/c1-3-21-15-16(24(17(21)25)14-20-7-11-28-12-8-20)22(4-2)18(26)23(15)13-19-5-9-27-10-6-19/h15-16H,3-14H2,1-2H3/t15-,16-/m1/s1. The van der Waals surface area contributed by atoms with Crippen LogP contribution in [-0.4, -0.2) is 133 Å². The van der Waals surface area contributed by atoms with E-state index < -0.39 is 0 Å². The molecular weight excluding hydrogens is 364 g/mol. The molecule has 2 atom stereocenters. The molecule has 4 amide bonds. The van der Waals surface area contributed by atoms with Gasteiger partial charge in [-0.3, -0.25) is 19.6 Å². The van der Waals surface area contributed by atoms with Crippen LogP contribution in [0.25, 0.3) is 0 Å². The molecule has 10 nitrogen and oxygen atoms in total. The van der Waals surface area contributed by atoms with Gasteiger partial charge in [-0.15, -0.1) is 0 Å². The molecule has 158 valence electrons. The van der Waals surface area contributed by atoms with Crippen molar-refractivity contribution in [2.75, 3.05) is 79.0 Å². The minimum atomic E-state index is -0.242. The summed E-state index contributed by atoms with van der Waals surface area (Å²) < 4.78 is 10.9. The summed E-state index contributed by atoms with van der Waals surface area (Å²) >= 11 is 0. The zero-order chi connectivity index (χ0) is 19.7. The summed E-state index contributed by atoms with van der Waals surface area (Å²) in [6.07, 6.45) is -0.484. The maximum atomic E-state index is 13.2. The molecule has 4 rings (SSSR count). The fourth-order valence-corrected chi connectivity index (χ4v) is 4.61. The van der Waals surface area contributed by atoms with Crippen LogP contribution in [0.2, 0.25) is 0 Å². The van der Waals surface area contributed by atoms with E-state index in [0.29, 0.717) is 52.9 Å². The van der Waals surface area contributed by atoms with Crippen molar-refractivity contribution in [2.24, 2.45) is 0 Å². The second kappa shape index (κ2) is 8.40. The second-order valence-corrected chi connectivity index (χ2v) is 7.65. The fraction of sp³-hybridized carbons (Fsp3) is 0.889. The van der Waals surface area contributed by atoms with Crippen molar-refractivity contribution in [3.05, 3.63) is 0 Å². The first-order valence-electron chi connectivity index (χ1n) is 10.4. The third-order valence-corrected chi connectivity index (χ3v) is 6.12. The van der Waals surface area contributed by atoms with Crippen LogP contribution in [-0.2, 0) is 9.47 Å². The zero-order valence-corrected chi connectivity index (χ0v) is 17.0. The van der Waals surface area contributed by atoms with Gasteiger partial charge in [-0.25, -0.2) is 9.59 Å². The minimum absolute atomic E-state index is 0.0157. The van der Waals surface area contributed by atoms with Crippen LogP contribution < -0.4 is 0 Å². The quantitative estimate of drug-likeness (QED) is 0.616. The number of fused-ring (bicyclic) bond motifs is 1. The van der Waals surface area contributed by atoms with Gasteiger partial charge in [0.2, 0.25) is 0 Å². The molecule has 0 spiro atoms. The van der Waals surface area contributed by atoms with Gasteiger partial charge in [0.05, 0.1) is 39.8 Å². The monoisotopic (exact) mass is 396 g/mol. The van der Waals surface area contributed by atoms with Crippen molar-refractivity contribution >= 4 is 12.1 Å². The van der Waals surface area contributed by atoms with Crippen molar-refractivity contribution in [2.45, 2.75) is 26.2 Å². The highest BCUT2D eigenvalue weighted by Gasteiger charge is 2.58. The predicted molar refractivity (Wildman–Crippen MR) is 101 cm³/mol. The lowest BCUT2D eigenvalue weighted by Gasteiger charge is -2.35. The Morgan fingerprint density at radius 3 is 1.36 bits per heavy atom. The summed E-state index contributed by atoms with van der Waals surface area (Å²) in [6.45, 7) is 12.2. The van der Waals surface area contributed by atoms with Gasteiger partial charge >= 0.3 is 12.1 Å². The average Bonchev–Trinajstić information content (AvgIpc) is 3.14. The molecule has 0 saturated carbocycles. The Kier molecular flexibility index (Phi) is 5.91. The first kappa shape index (κ1) is 19.7.